The van der Waals surface area contributed by atoms with Gasteiger partial charge in [-0.25, -0.2) is 4.98 Å². The maximum Gasteiger partial charge on any atom is 0.258 e. The van der Waals surface area contributed by atoms with Gasteiger partial charge in [-0.15, -0.1) is 0 Å². The molecule has 0 fully saturated rings. The molecule has 124 valence electrons. The highest BCUT2D eigenvalue weighted by Crippen LogP contribution is 2.25. The number of aromatic amines is 1. The molecule has 0 aliphatic carbocycles. The lowest BCUT2D eigenvalue weighted by Gasteiger charge is -2.18. The molecule has 1 amide bonds. The van der Waals surface area contributed by atoms with Crippen molar-refractivity contribution in [3.8, 4) is 11.4 Å². The summed E-state index contributed by atoms with van der Waals surface area (Å²) < 4.78 is 1.77. The largest absolute Gasteiger partial charge is 0.321 e. The van der Waals surface area contributed by atoms with E-state index in [0.29, 0.717) is 17.1 Å². The number of anilines is 1. The zero-order valence-electron chi connectivity index (χ0n) is 14.2. The first-order valence-corrected chi connectivity index (χ1v) is 7.69. The average Bonchev–Trinajstić information content (AvgIpc) is 3.16. The fraction of sp³-hybridized carbons (Fsp3) is 0.294. The Balaban J connectivity index is 1.86. The number of nitrogens with zero attached hydrogens (tertiary/aromatic N) is 4. The Labute approximate surface area is 140 Å². The first-order chi connectivity index (χ1) is 11.3. The number of amides is 1. The van der Waals surface area contributed by atoms with Gasteiger partial charge >= 0.3 is 0 Å². The Morgan fingerprint density at radius 3 is 2.62 bits per heavy atom. The van der Waals surface area contributed by atoms with Crippen molar-refractivity contribution in [3.05, 3.63) is 48.0 Å². The lowest BCUT2D eigenvalue weighted by molar-refractivity contribution is 0.102. The Hall–Kier alpha value is -2.96. The number of benzene rings is 1. The molecule has 0 bridgehead atoms. The first kappa shape index (κ1) is 15.9. The molecule has 2 heterocycles. The second-order valence-corrected chi connectivity index (χ2v) is 6.59. The van der Waals surface area contributed by atoms with Gasteiger partial charge in [0.2, 0.25) is 0 Å². The standard InChI is InChI=1S/C17H20N6O/c1-11-19-15(22-21-11)13-7-5-6-8-14(13)20-16(24)12-9-18-23(10-12)17(2,3)4/h5-10H,1-4H3,(H,20,24)(H,19,21,22). The second kappa shape index (κ2) is 5.92. The lowest BCUT2D eigenvalue weighted by atomic mass is 10.1. The third-order valence-corrected chi connectivity index (χ3v) is 3.55. The second-order valence-electron chi connectivity index (χ2n) is 6.59. The molecule has 2 N–H and O–H groups in total. The van der Waals surface area contributed by atoms with Crippen LogP contribution in [0.25, 0.3) is 11.4 Å². The van der Waals surface area contributed by atoms with Crippen LogP contribution in [0, 0.1) is 6.92 Å². The maximum atomic E-state index is 12.5. The number of hydrogen-bond donors (Lipinski definition) is 2. The van der Waals surface area contributed by atoms with Gasteiger partial charge in [0.1, 0.15) is 5.82 Å². The van der Waals surface area contributed by atoms with Crippen LogP contribution in [0.5, 0.6) is 0 Å². The molecule has 7 heteroatoms. The number of nitrogens with one attached hydrogen (secondary N) is 2. The van der Waals surface area contributed by atoms with Gasteiger partial charge in [0, 0.05) is 11.8 Å². The number of carbonyl (C=O) groups is 1. The van der Waals surface area contributed by atoms with Crippen LogP contribution in [0.15, 0.2) is 36.7 Å². The van der Waals surface area contributed by atoms with E-state index >= 15 is 0 Å². The molecule has 2 aromatic heterocycles. The predicted molar refractivity (Wildman–Crippen MR) is 91.7 cm³/mol. The SMILES string of the molecule is Cc1nc(-c2ccccc2NC(=O)c2cnn(C(C)(C)C)c2)n[nH]1. The first-order valence-electron chi connectivity index (χ1n) is 7.69. The van der Waals surface area contributed by atoms with Crippen molar-refractivity contribution in [2.24, 2.45) is 0 Å². The third-order valence-electron chi connectivity index (χ3n) is 3.55. The quantitative estimate of drug-likeness (QED) is 0.775. The summed E-state index contributed by atoms with van der Waals surface area (Å²) in [6.45, 7) is 7.92. The normalized spacial score (nSPS) is 11.5. The minimum absolute atomic E-state index is 0.174. The van der Waals surface area contributed by atoms with Gasteiger partial charge in [-0.2, -0.15) is 10.2 Å². The zero-order chi connectivity index (χ0) is 17.3. The Morgan fingerprint density at radius 2 is 2.00 bits per heavy atom. The molecule has 3 rings (SSSR count). The van der Waals surface area contributed by atoms with E-state index in [1.807, 2.05) is 52.0 Å². The van der Waals surface area contributed by atoms with E-state index in [1.165, 1.54) is 0 Å². The third kappa shape index (κ3) is 3.19. The van der Waals surface area contributed by atoms with Crippen LogP contribution in [0.3, 0.4) is 0 Å². The van der Waals surface area contributed by atoms with Crippen molar-refractivity contribution >= 4 is 11.6 Å². The molecule has 24 heavy (non-hydrogen) atoms. The van der Waals surface area contributed by atoms with Gasteiger partial charge < -0.3 is 5.32 Å². The summed E-state index contributed by atoms with van der Waals surface area (Å²) in [5.74, 6) is 1.05. The lowest BCUT2D eigenvalue weighted by Crippen LogP contribution is -2.22. The molecule has 7 nitrogen and oxygen atoms in total. The van der Waals surface area contributed by atoms with Gasteiger partial charge in [-0.3, -0.25) is 14.6 Å². The maximum absolute atomic E-state index is 12.5. The molecule has 3 aromatic rings. The van der Waals surface area contributed by atoms with Gasteiger partial charge in [-0.1, -0.05) is 12.1 Å². The highest BCUT2D eigenvalue weighted by atomic mass is 16.1. The Morgan fingerprint density at radius 1 is 1.25 bits per heavy atom. The summed E-state index contributed by atoms with van der Waals surface area (Å²) in [7, 11) is 0. The molecule has 0 unspecified atom stereocenters. The number of H-pyrrole nitrogens is 1. The molecule has 0 spiro atoms. The fourth-order valence-corrected chi connectivity index (χ4v) is 2.25. The van der Waals surface area contributed by atoms with Crippen molar-refractivity contribution in [3.63, 3.8) is 0 Å². The molecule has 0 radical (unpaired) electrons. The van der Waals surface area contributed by atoms with Crippen molar-refractivity contribution in [2.75, 3.05) is 5.32 Å². The number of para-hydroxylation sites is 1. The minimum Gasteiger partial charge on any atom is -0.321 e. The molecular formula is C17H20N6O. The van der Waals surface area contributed by atoms with Gasteiger partial charge in [0.15, 0.2) is 5.82 Å². The summed E-state index contributed by atoms with van der Waals surface area (Å²) in [4.78, 5) is 16.9. The van der Waals surface area contributed by atoms with Crippen LogP contribution in [-0.2, 0) is 5.54 Å². The van der Waals surface area contributed by atoms with E-state index in [0.717, 1.165) is 11.4 Å². The summed E-state index contributed by atoms with van der Waals surface area (Å²) in [6.07, 6.45) is 3.31. The topological polar surface area (TPSA) is 88.5 Å². The number of carbonyl (C=O) groups excluding carboxylic acids is 1. The molecule has 0 aliphatic heterocycles. The highest BCUT2D eigenvalue weighted by Gasteiger charge is 2.18. The van der Waals surface area contributed by atoms with E-state index in [9.17, 15) is 4.79 Å². The number of rotatable bonds is 3. The summed E-state index contributed by atoms with van der Waals surface area (Å²) in [6, 6.07) is 7.44. The molecule has 0 aliphatic rings. The summed E-state index contributed by atoms with van der Waals surface area (Å²) in [5, 5.41) is 14.1. The van der Waals surface area contributed by atoms with Crippen LogP contribution in [0.2, 0.25) is 0 Å². The Bertz CT molecular complexity index is 871. The van der Waals surface area contributed by atoms with Crippen LogP contribution < -0.4 is 5.32 Å². The van der Waals surface area contributed by atoms with Gasteiger partial charge in [0.05, 0.1) is 23.0 Å². The van der Waals surface area contributed by atoms with Gasteiger partial charge in [0.25, 0.3) is 5.91 Å². The number of aryl methyl sites for hydroxylation is 1. The highest BCUT2D eigenvalue weighted by molar-refractivity contribution is 6.05. The van der Waals surface area contributed by atoms with Crippen LogP contribution in [-0.4, -0.2) is 30.9 Å². The van der Waals surface area contributed by atoms with E-state index in [1.54, 1.807) is 17.1 Å². The molecule has 0 saturated carbocycles. The number of aromatic nitrogens is 5. The average molecular weight is 324 g/mol. The minimum atomic E-state index is -0.217. The zero-order valence-corrected chi connectivity index (χ0v) is 14.2. The molecule has 0 saturated heterocycles. The number of hydrogen-bond acceptors (Lipinski definition) is 4. The molecule has 0 atom stereocenters. The monoisotopic (exact) mass is 324 g/mol. The molecular weight excluding hydrogens is 304 g/mol. The Kier molecular flexibility index (Phi) is 3.92. The smallest absolute Gasteiger partial charge is 0.258 e. The van der Waals surface area contributed by atoms with Crippen molar-refractivity contribution in [2.45, 2.75) is 33.2 Å². The predicted octanol–water partition coefficient (Wildman–Crippen LogP) is 2.98. The van der Waals surface area contributed by atoms with E-state index in [2.05, 4.69) is 25.6 Å². The van der Waals surface area contributed by atoms with E-state index < -0.39 is 0 Å². The van der Waals surface area contributed by atoms with Crippen molar-refractivity contribution in [1.82, 2.24) is 25.0 Å². The van der Waals surface area contributed by atoms with Crippen molar-refractivity contribution in [1.29, 1.82) is 0 Å². The van der Waals surface area contributed by atoms with E-state index in [4.69, 9.17) is 0 Å². The van der Waals surface area contributed by atoms with Gasteiger partial charge in [-0.05, 0) is 39.8 Å². The van der Waals surface area contributed by atoms with Crippen LogP contribution in [0.4, 0.5) is 5.69 Å². The fourth-order valence-electron chi connectivity index (χ4n) is 2.25. The van der Waals surface area contributed by atoms with Crippen molar-refractivity contribution < 1.29 is 4.79 Å². The van der Waals surface area contributed by atoms with Crippen LogP contribution >= 0.6 is 0 Å². The summed E-state index contributed by atoms with van der Waals surface area (Å²) >= 11 is 0. The van der Waals surface area contributed by atoms with Crippen LogP contribution in [0.1, 0.15) is 37.0 Å². The van der Waals surface area contributed by atoms with E-state index in [-0.39, 0.29) is 11.4 Å². The summed E-state index contributed by atoms with van der Waals surface area (Å²) in [5.41, 5.74) is 1.75. The molecule has 1 aromatic carbocycles.